The predicted molar refractivity (Wildman–Crippen MR) is 104 cm³/mol. The molecule has 0 aliphatic carbocycles. The van der Waals surface area contributed by atoms with Crippen LogP contribution in [0.3, 0.4) is 0 Å². The van der Waals surface area contributed by atoms with Gasteiger partial charge in [0, 0.05) is 25.5 Å². The predicted octanol–water partition coefficient (Wildman–Crippen LogP) is 4.51. The number of amides is 1. The van der Waals surface area contributed by atoms with Crippen LogP contribution in [0, 0.1) is 17.6 Å². The standard InChI is InChI=1S/C22H23F2N3O/c1-16(2)13-27(22(28)19-8-3-4-9-20(19)24)15-21-25-10-11-26(21)14-17-6-5-7-18(23)12-17/h3-12,16H,13-15H2,1-2H3. The molecule has 1 heterocycles. The topological polar surface area (TPSA) is 38.1 Å². The van der Waals surface area contributed by atoms with E-state index in [2.05, 4.69) is 4.98 Å². The van der Waals surface area contributed by atoms with Crippen LogP contribution >= 0.6 is 0 Å². The smallest absolute Gasteiger partial charge is 0.257 e. The van der Waals surface area contributed by atoms with Gasteiger partial charge in [0.15, 0.2) is 0 Å². The van der Waals surface area contributed by atoms with Gasteiger partial charge < -0.3 is 9.47 Å². The van der Waals surface area contributed by atoms with Crippen LogP contribution < -0.4 is 0 Å². The lowest BCUT2D eigenvalue weighted by atomic mass is 10.1. The molecule has 0 atom stereocenters. The van der Waals surface area contributed by atoms with Crippen molar-refractivity contribution in [2.24, 2.45) is 5.92 Å². The summed E-state index contributed by atoms with van der Waals surface area (Å²) in [6.45, 7) is 5.16. The molecule has 0 unspecified atom stereocenters. The number of carbonyl (C=O) groups excluding carboxylic acids is 1. The number of carbonyl (C=O) groups is 1. The molecular formula is C22H23F2N3O. The van der Waals surface area contributed by atoms with Gasteiger partial charge in [0.05, 0.1) is 12.1 Å². The lowest BCUT2D eigenvalue weighted by Gasteiger charge is -2.25. The third kappa shape index (κ3) is 4.82. The van der Waals surface area contributed by atoms with Gasteiger partial charge in [-0.25, -0.2) is 13.8 Å². The fourth-order valence-electron chi connectivity index (χ4n) is 3.10. The monoisotopic (exact) mass is 383 g/mol. The van der Waals surface area contributed by atoms with E-state index in [9.17, 15) is 13.6 Å². The maximum atomic E-state index is 14.1. The van der Waals surface area contributed by atoms with E-state index in [1.54, 1.807) is 35.5 Å². The minimum absolute atomic E-state index is 0.0476. The number of hydrogen-bond donors (Lipinski definition) is 0. The van der Waals surface area contributed by atoms with E-state index in [-0.39, 0.29) is 29.8 Å². The van der Waals surface area contributed by atoms with E-state index in [1.807, 2.05) is 24.5 Å². The van der Waals surface area contributed by atoms with Gasteiger partial charge in [0.1, 0.15) is 17.5 Å². The summed E-state index contributed by atoms with van der Waals surface area (Å²) < 4.78 is 29.5. The molecule has 0 saturated heterocycles. The molecule has 1 aromatic heterocycles. The van der Waals surface area contributed by atoms with Crippen molar-refractivity contribution in [1.29, 1.82) is 0 Å². The Morgan fingerprint density at radius 2 is 1.93 bits per heavy atom. The molecule has 0 bridgehead atoms. The fourth-order valence-corrected chi connectivity index (χ4v) is 3.10. The maximum Gasteiger partial charge on any atom is 0.257 e. The normalized spacial score (nSPS) is 11.0. The van der Waals surface area contributed by atoms with Gasteiger partial charge in [-0.1, -0.05) is 38.1 Å². The second-order valence-corrected chi connectivity index (χ2v) is 7.16. The van der Waals surface area contributed by atoms with Crippen LogP contribution in [0.25, 0.3) is 0 Å². The third-order valence-corrected chi connectivity index (χ3v) is 4.35. The van der Waals surface area contributed by atoms with E-state index < -0.39 is 5.82 Å². The summed E-state index contributed by atoms with van der Waals surface area (Å²) in [7, 11) is 0. The maximum absolute atomic E-state index is 14.1. The molecule has 0 spiro atoms. The Morgan fingerprint density at radius 3 is 2.64 bits per heavy atom. The van der Waals surface area contributed by atoms with E-state index in [1.165, 1.54) is 24.3 Å². The van der Waals surface area contributed by atoms with Crippen LogP contribution in [0.2, 0.25) is 0 Å². The highest BCUT2D eigenvalue weighted by atomic mass is 19.1. The summed E-state index contributed by atoms with van der Waals surface area (Å²) in [6, 6.07) is 12.3. The zero-order chi connectivity index (χ0) is 20.1. The van der Waals surface area contributed by atoms with Crippen molar-refractivity contribution in [3.8, 4) is 0 Å². The first-order chi connectivity index (χ1) is 13.4. The Hall–Kier alpha value is -3.02. The fraction of sp³-hybridized carbons (Fsp3) is 0.273. The van der Waals surface area contributed by atoms with Gasteiger partial charge in [-0.2, -0.15) is 0 Å². The first-order valence-corrected chi connectivity index (χ1v) is 9.22. The number of imidazole rings is 1. The van der Waals surface area contributed by atoms with Crippen molar-refractivity contribution in [1.82, 2.24) is 14.5 Å². The number of halogens is 2. The van der Waals surface area contributed by atoms with Gasteiger partial charge in [-0.15, -0.1) is 0 Å². The van der Waals surface area contributed by atoms with Gasteiger partial charge in [0.2, 0.25) is 0 Å². The first kappa shape index (κ1) is 19.7. The SMILES string of the molecule is CC(C)CN(Cc1nccn1Cc1cccc(F)c1)C(=O)c1ccccc1F. The van der Waals surface area contributed by atoms with E-state index in [0.717, 1.165) is 5.56 Å². The molecule has 0 N–H and O–H groups in total. The highest BCUT2D eigenvalue weighted by Gasteiger charge is 2.21. The van der Waals surface area contributed by atoms with Gasteiger partial charge in [-0.3, -0.25) is 4.79 Å². The van der Waals surface area contributed by atoms with Crippen LogP contribution in [0.5, 0.6) is 0 Å². The molecule has 6 heteroatoms. The molecule has 3 aromatic rings. The molecule has 0 aliphatic heterocycles. The minimum Gasteiger partial charge on any atom is -0.331 e. The van der Waals surface area contributed by atoms with Crippen molar-refractivity contribution in [3.05, 3.63) is 89.5 Å². The molecule has 3 rings (SSSR count). The number of aromatic nitrogens is 2. The quantitative estimate of drug-likeness (QED) is 0.602. The molecule has 28 heavy (non-hydrogen) atoms. The molecule has 1 amide bonds. The Morgan fingerprint density at radius 1 is 1.14 bits per heavy atom. The second kappa shape index (κ2) is 8.78. The van der Waals surface area contributed by atoms with E-state index in [0.29, 0.717) is 18.9 Å². The molecule has 0 radical (unpaired) electrons. The van der Waals surface area contributed by atoms with Crippen LogP contribution in [-0.2, 0) is 13.1 Å². The number of benzene rings is 2. The number of rotatable bonds is 7. The van der Waals surface area contributed by atoms with E-state index in [4.69, 9.17) is 0 Å². The molecule has 146 valence electrons. The summed E-state index contributed by atoms with van der Waals surface area (Å²) in [5, 5.41) is 0. The van der Waals surface area contributed by atoms with E-state index >= 15 is 0 Å². The Kier molecular flexibility index (Phi) is 6.19. The van der Waals surface area contributed by atoms with Crippen molar-refractivity contribution >= 4 is 5.91 Å². The second-order valence-electron chi connectivity index (χ2n) is 7.16. The van der Waals surface area contributed by atoms with Gasteiger partial charge in [0.25, 0.3) is 5.91 Å². The number of nitrogens with zero attached hydrogens (tertiary/aromatic N) is 3. The Bertz CT molecular complexity index is 952. The van der Waals surface area contributed by atoms with Crippen molar-refractivity contribution in [2.75, 3.05) is 6.54 Å². The molecule has 0 aliphatic rings. The van der Waals surface area contributed by atoms with Gasteiger partial charge >= 0.3 is 0 Å². The Labute approximate surface area is 163 Å². The molecule has 4 nitrogen and oxygen atoms in total. The lowest BCUT2D eigenvalue weighted by molar-refractivity contribution is 0.0711. The highest BCUT2D eigenvalue weighted by molar-refractivity contribution is 5.94. The van der Waals surface area contributed by atoms with Crippen molar-refractivity contribution in [3.63, 3.8) is 0 Å². The largest absolute Gasteiger partial charge is 0.331 e. The Balaban J connectivity index is 1.83. The van der Waals surface area contributed by atoms with Crippen LogP contribution in [0.4, 0.5) is 8.78 Å². The summed E-state index contributed by atoms with van der Waals surface area (Å²) in [5.74, 6) is -0.330. The van der Waals surface area contributed by atoms with Gasteiger partial charge in [-0.05, 0) is 35.7 Å². The van der Waals surface area contributed by atoms with Crippen molar-refractivity contribution in [2.45, 2.75) is 26.9 Å². The van der Waals surface area contributed by atoms with Crippen LogP contribution in [0.1, 0.15) is 35.6 Å². The summed E-state index contributed by atoms with van der Waals surface area (Å²) in [4.78, 5) is 18.9. The molecule has 2 aromatic carbocycles. The summed E-state index contributed by atoms with van der Waals surface area (Å²) in [6.07, 6.45) is 3.44. The summed E-state index contributed by atoms with van der Waals surface area (Å²) in [5.41, 5.74) is 0.849. The zero-order valence-electron chi connectivity index (χ0n) is 16.0. The average molecular weight is 383 g/mol. The lowest BCUT2D eigenvalue weighted by Crippen LogP contribution is -2.35. The molecular weight excluding hydrogens is 360 g/mol. The third-order valence-electron chi connectivity index (χ3n) is 4.35. The number of hydrogen-bond acceptors (Lipinski definition) is 2. The summed E-state index contributed by atoms with van der Waals surface area (Å²) >= 11 is 0. The zero-order valence-corrected chi connectivity index (χ0v) is 16.0. The average Bonchev–Trinajstić information content (AvgIpc) is 3.07. The molecule has 0 fully saturated rings. The minimum atomic E-state index is -0.538. The van der Waals surface area contributed by atoms with Crippen molar-refractivity contribution < 1.29 is 13.6 Å². The highest BCUT2D eigenvalue weighted by Crippen LogP contribution is 2.15. The first-order valence-electron chi connectivity index (χ1n) is 9.22. The van der Waals surface area contributed by atoms with Crippen LogP contribution in [-0.4, -0.2) is 26.9 Å². The van der Waals surface area contributed by atoms with Crippen LogP contribution in [0.15, 0.2) is 60.9 Å². The molecule has 0 saturated carbocycles.